The van der Waals surface area contributed by atoms with E-state index in [2.05, 4.69) is 13.8 Å². The largest absolute Gasteiger partial charge is 0.243 e. The SMILES string of the molecule is CCCCCC12CC(C)C(C1)C2(C)F. The standard InChI is InChI=1S/C13H23F/c1-4-5-6-7-13-8-10(2)11(9-13)12(13,3)14/h10-11H,4-9H2,1-3H3. The fraction of sp³-hybridized carbons (Fsp3) is 1.00. The second kappa shape index (κ2) is 3.21. The van der Waals surface area contributed by atoms with Crippen molar-refractivity contribution in [2.75, 3.05) is 0 Å². The molecule has 0 aromatic rings. The van der Waals surface area contributed by atoms with E-state index >= 15 is 0 Å². The molecule has 0 saturated heterocycles. The van der Waals surface area contributed by atoms with Crippen molar-refractivity contribution in [2.45, 2.75) is 65.0 Å². The van der Waals surface area contributed by atoms with Gasteiger partial charge >= 0.3 is 0 Å². The van der Waals surface area contributed by atoms with Crippen LogP contribution in [-0.4, -0.2) is 5.67 Å². The molecule has 3 fully saturated rings. The van der Waals surface area contributed by atoms with E-state index in [1.165, 1.54) is 25.7 Å². The molecule has 3 aliphatic rings. The van der Waals surface area contributed by atoms with Gasteiger partial charge < -0.3 is 0 Å². The monoisotopic (exact) mass is 198 g/mol. The lowest BCUT2D eigenvalue weighted by Gasteiger charge is -2.51. The molecule has 0 aromatic heterocycles. The number of rotatable bonds is 4. The van der Waals surface area contributed by atoms with E-state index in [0.29, 0.717) is 11.8 Å². The Morgan fingerprint density at radius 3 is 2.43 bits per heavy atom. The molecular formula is C13H23F. The smallest absolute Gasteiger partial charge is 0.117 e. The molecule has 0 aliphatic heterocycles. The van der Waals surface area contributed by atoms with Crippen LogP contribution >= 0.6 is 0 Å². The van der Waals surface area contributed by atoms with E-state index in [-0.39, 0.29) is 5.41 Å². The van der Waals surface area contributed by atoms with E-state index in [1.54, 1.807) is 0 Å². The molecule has 0 N–H and O–H groups in total. The third-order valence-corrected chi connectivity index (χ3v) is 5.00. The van der Waals surface area contributed by atoms with Gasteiger partial charge in [-0.3, -0.25) is 0 Å². The zero-order valence-electron chi connectivity index (χ0n) is 9.78. The van der Waals surface area contributed by atoms with Crippen LogP contribution in [0.4, 0.5) is 4.39 Å². The molecule has 0 aromatic carbocycles. The van der Waals surface area contributed by atoms with Crippen molar-refractivity contribution in [3.05, 3.63) is 0 Å². The number of alkyl halides is 1. The molecule has 3 rings (SSSR count). The Bertz CT molecular complexity index is 221. The molecular weight excluding hydrogens is 175 g/mol. The number of fused-ring (bicyclic) bond motifs is 1. The molecule has 3 aliphatic carbocycles. The maximum absolute atomic E-state index is 14.4. The van der Waals surface area contributed by atoms with Crippen molar-refractivity contribution in [1.29, 1.82) is 0 Å². The van der Waals surface area contributed by atoms with Gasteiger partial charge in [-0.15, -0.1) is 0 Å². The van der Waals surface area contributed by atoms with Crippen molar-refractivity contribution in [2.24, 2.45) is 17.3 Å². The van der Waals surface area contributed by atoms with Crippen molar-refractivity contribution < 1.29 is 4.39 Å². The quantitative estimate of drug-likeness (QED) is 0.589. The van der Waals surface area contributed by atoms with Crippen LogP contribution in [0.25, 0.3) is 0 Å². The summed E-state index contributed by atoms with van der Waals surface area (Å²) in [6.07, 6.45) is 7.21. The van der Waals surface area contributed by atoms with Gasteiger partial charge in [0, 0.05) is 5.41 Å². The summed E-state index contributed by atoms with van der Waals surface area (Å²) < 4.78 is 14.4. The van der Waals surface area contributed by atoms with Gasteiger partial charge in [0.15, 0.2) is 0 Å². The molecule has 82 valence electrons. The number of unbranched alkanes of at least 4 members (excludes halogenated alkanes) is 2. The van der Waals surface area contributed by atoms with Gasteiger partial charge in [0.2, 0.25) is 0 Å². The zero-order valence-corrected chi connectivity index (χ0v) is 9.78. The second-order valence-corrected chi connectivity index (χ2v) is 5.81. The molecule has 0 heterocycles. The lowest BCUT2D eigenvalue weighted by molar-refractivity contribution is -0.107. The van der Waals surface area contributed by atoms with Crippen molar-refractivity contribution >= 4 is 0 Å². The average Bonchev–Trinajstić information content (AvgIpc) is 2.55. The Morgan fingerprint density at radius 2 is 2.00 bits per heavy atom. The Morgan fingerprint density at radius 1 is 1.29 bits per heavy atom. The van der Waals surface area contributed by atoms with Crippen LogP contribution in [0.3, 0.4) is 0 Å². The molecule has 0 spiro atoms. The third kappa shape index (κ3) is 1.17. The Balaban J connectivity index is 1.97. The van der Waals surface area contributed by atoms with Crippen LogP contribution in [0.5, 0.6) is 0 Å². The van der Waals surface area contributed by atoms with Crippen molar-refractivity contribution in [3.8, 4) is 0 Å². The molecule has 4 atom stereocenters. The highest BCUT2D eigenvalue weighted by Crippen LogP contribution is 2.71. The highest BCUT2D eigenvalue weighted by Gasteiger charge is 2.70. The van der Waals surface area contributed by atoms with Crippen LogP contribution in [0.1, 0.15) is 59.3 Å². The normalized spacial score (nSPS) is 50.6. The summed E-state index contributed by atoms with van der Waals surface area (Å²) in [4.78, 5) is 0. The second-order valence-electron chi connectivity index (χ2n) is 5.81. The topological polar surface area (TPSA) is 0 Å². The number of hydrogen-bond donors (Lipinski definition) is 0. The summed E-state index contributed by atoms with van der Waals surface area (Å²) >= 11 is 0. The van der Waals surface area contributed by atoms with Crippen LogP contribution in [0.2, 0.25) is 0 Å². The van der Waals surface area contributed by atoms with E-state index < -0.39 is 5.67 Å². The summed E-state index contributed by atoms with van der Waals surface area (Å²) in [6, 6.07) is 0. The Kier molecular flexibility index (Phi) is 2.40. The average molecular weight is 198 g/mol. The lowest BCUT2D eigenvalue weighted by atomic mass is 9.56. The van der Waals surface area contributed by atoms with Gasteiger partial charge in [-0.05, 0) is 38.0 Å². The molecule has 0 radical (unpaired) electrons. The lowest BCUT2D eigenvalue weighted by Crippen LogP contribution is -2.53. The summed E-state index contributed by atoms with van der Waals surface area (Å²) in [6.45, 7) is 6.31. The minimum absolute atomic E-state index is 0.0895. The summed E-state index contributed by atoms with van der Waals surface area (Å²) in [7, 11) is 0. The van der Waals surface area contributed by atoms with Gasteiger partial charge in [0.1, 0.15) is 5.67 Å². The molecule has 0 nitrogen and oxygen atoms in total. The Labute approximate surface area is 87.3 Å². The van der Waals surface area contributed by atoms with E-state index in [0.717, 1.165) is 12.8 Å². The van der Waals surface area contributed by atoms with E-state index in [9.17, 15) is 4.39 Å². The first-order chi connectivity index (χ1) is 6.53. The van der Waals surface area contributed by atoms with E-state index in [4.69, 9.17) is 0 Å². The van der Waals surface area contributed by atoms with Gasteiger partial charge in [-0.2, -0.15) is 0 Å². The summed E-state index contributed by atoms with van der Waals surface area (Å²) in [5.41, 5.74) is -0.744. The molecule has 3 saturated carbocycles. The molecule has 1 heteroatoms. The van der Waals surface area contributed by atoms with Crippen molar-refractivity contribution in [1.82, 2.24) is 0 Å². The maximum atomic E-state index is 14.4. The highest BCUT2D eigenvalue weighted by molar-refractivity contribution is 5.18. The molecule has 0 amide bonds. The number of halogens is 1. The summed E-state index contributed by atoms with van der Waals surface area (Å²) in [5, 5.41) is 0. The molecule has 14 heavy (non-hydrogen) atoms. The first-order valence-electron chi connectivity index (χ1n) is 6.22. The van der Waals surface area contributed by atoms with E-state index in [1.807, 2.05) is 6.92 Å². The molecule has 4 unspecified atom stereocenters. The molecule has 2 bridgehead atoms. The van der Waals surface area contributed by atoms with Gasteiger partial charge in [0.05, 0.1) is 0 Å². The number of hydrogen-bond acceptors (Lipinski definition) is 0. The van der Waals surface area contributed by atoms with Crippen LogP contribution in [0, 0.1) is 17.3 Å². The summed E-state index contributed by atoms with van der Waals surface area (Å²) in [5.74, 6) is 1.01. The minimum atomic E-state index is -0.833. The third-order valence-electron chi connectivity index (χ3n) is 5.00. The maximum Gasteiger partial charge on any atom is 0.117 e. The first-order valence-corrected chi connectivity index (χ1v) is 6.22. The highest BCUT2D eigenvalue weighted by atomic mass is 19.1. The van der Waals surface area contributed by atoms with Gasteiger partial charge in [-0.1, -0.05) is 33.1 Å². The van der Waals surface area contributed by atoms with Crippen LogP contribution < -0.4 is 0 Å². The minimum Gasteiger partial charge on any atom is -0.243 e. The predicted molar refractivity (Wildman–Crippen MR) is 58.0 cm³/mol. The van der Waals surface area contributed by atoms with Gasteiger partial charge in [0.25, 0.3) is 0 Å². The first kappa shape index (κ1) is 10.4. The van der Waals surface area contributed by atoms with Gasteiger partial charge in [-0.25, -0.2) is 4.39 Å². The fourth-order valence-electron chi connectivity index (χ4n) is 4.01. The van der Waals surface area contributed by atoms with Crippen molar-refractivity contribution in [3.63, 3.8) is 0 Å². The van der Waals surface area contributed by atoms with Crippen LogP contribution in [0.15, 0.2) is 0 Å². The Hall–Kier alpha value is -0.0700. The van der Waals surface area contributed by atoms with Crippen LogP contribution in [-0.2, 0) is 0 Å². The zero-order chi connectivity index (χ0) is 10.4. The predicted octanol–water partition coefficient (Wildman–Crippen LogP) is 4.34. The fourth-order valence-corrected chi connectivity index (χ4v) is 4.01.